The number of nitrogens with zero attached hydrogens (tertiary/aromatic N) is 2. The molecule has 1 heterocycles. The largest absolute Gasteiger partial charge is 0.356 e. The monoisotopic (exact) mass is 379 g/mol. The number of carbonyl (C=O) groups excluding carboxylic acids is 2. The third kappa shape index (κ3) is 5.71. The summed E-state index contributed by atoms with van der Waals surface area (Å²) in [5.41, 5.74) is 0.536. The lowest BCUT2D eigenvalue weighted by atomic mass is 9.95. The van der Waals surface area contributed by atoms with Gasteiger partial charge in [0.2, 0.25) is 5.91 Å². The zero-order valence-corrected chi connectivity index (χ0v) is 16.6. The van der Waals surface area contributed by atoms with Gasteiger partial charge in [-0.15, -0.1) is 0 Å². The highest BCUT2D eigenvalue weighted by atomic mass is 35.5. The van der Waals surface area contributed by atoms with Crippen LogP contribution in [0.3, 0.4) is 0 Å². The summed E-state index contributed by atoms with van der Waals surface area (Å²) in [4.78, 5) is 29.0. The van der Waals surface area contributed by atoms with Gasteiger partial charge in [0.25, 0.3) is 5.91 Å². The molecule has 2 rings (SSSR count). The molecule has 6 heteroatoms. The van der Waals surface area contributed by atoms with Gasteiger partial charge in [-0.05, 0) is 51.0 Å². The van der Waals surface area contributed by atoms with E-state index in [2.05, 4.69) is 24.1 Å². The van der Waals surface area contributed by atoms with Crippen LogP contribution in [-0.4, -0.2) is 60.9 Å². The molecule has 0 saturated carbocycles. The van der Waals surface area contributed by atoms with Gasteiger partial charge < -0.3 is 15.1 Å². The van der Waals surface area contributed by atoms with Crippen molar-refractivity contribution in [1.82, 2.24) is 15.1 Å². The number of rotatable bonds is 8. The van der Waals surface area contributed by atoms with Crippen molar-refractivity contribution in [1.29, 1.82) is 0 Å². The number of hydrogen-bond donors (Lipinski definition) is 1. The molecule has 1 aromatic carbocycles. The molecule has 1 fully saturated rings. The summed E-state index contributed by atoms with van der Waals surface area (Å²) < 4.78 is 0. The molecule has 0 aromatic heterocycles. The average Bonchev–Trinajstić information content (AvgIpc) is 2.68. The van der Waals surface area contributed by atoms with Gasteiger partial charge in [-0.1, -0.05) is 37.6 Å². The van der Waals surface area contributed by atoms with Crippen molar-refractivity contribution in [3.05, 3.63) is 34.9 Å². The van der Waals surface area contributed by atoms with E-state index in [0.29, 0.717) is 43.1 Å². The Morgan fingerprint density at radius 1 is 1.19 bits per heavy atom. The van der Waals surface area contributed by atoms with E-state index in [1.165, 1.54) is 0 Å². The number of carbonyl (C=O) groups is 2. The zero-order valence-electron chi connectivity index (χ0n) is 15.8. The molecule has 1 saturated heterocycles. The van der Waals surface area contributed by atoms with E-state index < -0.39 is 0 Å². The first kappa shape index (κ1) is 20.7. The predicted octanol–water partition coefficient (Wildman–Crippen LogP) is 3.04. The van der Waals surface area contributed by atoms with Gasteiger partial charge >= 0.3 is 0 Å². The lowest BCUT2D eigenvalue weighted by molar-refractivity contribution is -0.126. The number of benzene rings is 1. The molecule has 2 amide bonds. The Hall–Kier alpha value is -1.59. The maximum absolute atomic E-state index is 12.6. The second kappa shape index (κ2) is 10.5. The zero-order chi connectivity index (χ0) is 18.9. The van der Waals surface area contributed by atoms with E-state index >= 15 is 0 Å². The van der Waals surface area contributed by atoms with Crippen molar-refractivity contribution in [2.24, 2.45) is 5.92 Å². The summed E-state index contributed by atoms with van der Waals surface area (Å²) in [6.07, 6.45) is 2.38. The third-order valence-corrected chi connectivity index (χ3v) is 5.43. The normalized spacial score (nSPS) is 15.3. The van der Waals surface area contributed by atoms with Crippen LogP contribution in [0.25, 0.3) is 0 Å². The average molecular weight is 380 g/mol. The smallest absolute Gasteiger partial charge is 0.255 e. The summed E-state index contributed by atoms with van der Waals surface area (Å²) in [7, 11) is 0. The molecule has 1 aromatic rings. The first-order valence-electron chi connectivity index (χ1n) is 9.60. The van der Waals surface area contributed by atoms with Crippen LogP contribution in [-0.2, 0) is 4.79 Å². The number of piperidine rings is 1. The minimum atomic E-state index is -0.0475. The number of halogens is 1. The van der Waals surface area contributed by atoms with E-state index in [1.54, 1.807) is 17.0 Å². The third-order valence-electron chi connectivity index (χ3n) is 5.10. The summed E-state index contributed by atoms with van der Waals surface area (Å²) in [6, 6.07) is 7.11. The Morgan fingerprint density at radius 3 is 2.46 bits per heavy atom. The number of likely N-dealkylation sites (tertiary alicyclic amines) is 1. The minimum Gasteiger partial charge on any atom is -0.356 e. The molecule has 0 aliphatic carbocycles. The van der Waals surface area contributed by atoms with Crippen molar-refractivity contribution in [3.8, 4) is 0 Å². The van der Waals surface area contributed by atoms with E-state index in [-0.39, 0.29) is 17.7 Å². The van der Waals surface area contributed by atoms with Gasteiger partial charge in [-0.2, -0.15) is 0 Å². The van der Waals surface area contributed by atoms with Crippen molar-refractivity contribution in [2.45, 2.75) is 33.1 Å². The van der Waals surface area contributed by atoms with Gasteiger partial charge in [0.05, 0.1) is 10.6 Å². The van der Waals surface area contributed by atoms with Gasteiger partial charge in [-0.25, -0.2) is 0 Å². The highest BCUT2D eigenvalue weighted by molar-refractivity contribution is 6.33. The molecule has 0 spiro atoms. The fraction of sp³-hybridized carbons (Fsp3) is 0.600. The molecular formula is C20H30ClN3O2. The summed E-state index contributed by atoms with van der Waals surface area (Å²) >= 11 is 6.12. The molecule has 1 aliphatic rings. The Balaban J connectivity index is 1.73. The van der Waals surface area contributed by atoms with Gasteiger partial charge in [-0.3, -0.25) is 9.59 Å². The quantitative estimate of drug-likeness (QED) is 0.706. The lowest BCUT2D eigenvalue weighted by Gasteiger charge is -2.31. The Labute approximate surface area is 161 Å². The Morgan fingerprint density at radius 2 is 1.85 bits per heavy atom. The van der Waals surface area contributed by atoms with Gasteiger partial charge in [0.15, 0.2) is 0 Å². The van der Waals surface area contributed by atoms with Crippen LogP contribution in [0, 0.1) is 5.92 Å². The Kier molecular flexibility index (Phi) is 8.39. The molecule has 0 bridgehead atoms. The molecule has 26 heavy (non-hydrogen) atoms. The summed E-state index contributed by atoms with van der Waals surface area (Å²) in [5.74, 6) is 0.0711. The Bertz CT molecular complexity index is 596. The summed E-state index contributed by atoms with van der Waals surface area (Å²) in [5, 5.41) is 3.53. The second-order valence-corrected chi connectivity index (χ2v) is 7.12. The van der Waals surface area contributed by atoms with E-state index in [4.69, 9.17) is 11.6 Å². The highest BCUT2D eigenvalue weighted by Gasteiger charge is 2.28. The van der Waals surface area contributed by atoms with Crippen LogP contribution in [0.2, 0.25) is 5.02 Å². The fourth-order valence-corrected chi connectivity index (χ4v) is 3.56. The predicted molar refractivity (Wildman–Crippen MR) is 105 cm³/mol. The fourth-order valence-electron chi connectivity index (χ4n) is 3.35. The first-order chi connectivity index (χ1) is 12.6. The molecule has 1 aliphatic heterocycles. The van der Waals surface area contributed by atoms with Crippen LogP contribution >= 0.6 is 11.6 Å². The molecule has 0 atom stereocenters. The number of nitrogens with one attached hydrogen (secondary N) is 1. The number of amides is 2. The molecule has 144 valence electrons. The van der Waals surface area contributed by atoms with Crippen LogP contribution < -0.4 is 5.32 Å². The topological polar surface area (TPSA) is 52.7 Å². The van der Waals surface area contributed by atoms with Crippen LogP contribution in [0.15, 0.2) is 24.3 Å². The van der Waals surface area contributed by atoms with Crippen molar-refractivity contribution < 1.29 is 9.59 Å². The van der Waals surface area contributed by atoms with Crippen LogP contribution in [0.5, 0.6) is 0 Å². The SMILES string of the molecule is CCN(CC)CCCNC(=O)C1CCN(C(=O)c2ccccc2Cl)CC1. The molecule has 5 nitrogen and oxygen atoms in total. The molecule has 0 unspecified atom stereocenters. The maximum Gasteiger partial charge on any atom is 0.255 e. The number of hydrogen-bond acceptors (Lipinski definition) is 3. The summed E-state index contributed by atoms with van der Waals surface area (Å²) in [6.45, 7) is 9.32. The lowest BCUT2D eigenvalue weighted by Crippen LogP contribution is -2.43. The van der Waals surface area contributed by atoms with Crippen LogP contribution in [0.1, 0.15) is 43.5 Å². The highest BCUT2D eigenvalue weighted by Crippen LogP contribution is 2.22. The molecule has 0 radical (unpaired) electrons. The second-order valence-electron chi connectivity index (χ2n) is 6.72. The molecular weight excluding hydrogens is 350 g/mol. The van der Waals surface area contributed by atoms with Crippen molar-refractivity contribution >= 4 is 23.4 Å². The van der Waals surface area contributed by atoms with E-state index in [0.717, 1.165) is 26.1 Å². The van der Waals surface area contributed by atoms with E-state index in [9.17, 15) is 9.59 Å². The van der Waals surface area contributed by atoms with Crippen LogP contribution in [0.4, 0.5) is 0 Å². The first-order valence-corrected chi connectivity index (χ1v) is 9.98. The molecule has 1 N–H and O–H groups in total. The van der Waals surface area contributed by atoms with Crippen molar-refractivity contribution in [3.63, 3.8) is 0 Å². The van der Waals surface area contributed by atoms with E-state index in [1.807, 2.05) is 12.1 Å². The minimum absolute atomic E-state index is 0.00116. The standard InChI is InChI=1S/C20H30ClN3O2/c1-3-23(4-2)13-7-12-22-19(25)16-10-14-24(15-11-16)20(26)17-8-5-6-9-18(17)21/h5-6,8-9,16H,3-4,7,10-15H2,1-2H3,(H,22,25). The van der Waals surface area contributed by atoms with Gasteiger partial charge in [0, 0.05) is 25.6 Å². The van der Waals surface area contributed by atoms with Crippen molar-refractivity contribution in [2.75, 3.05) is 39.3 Å². The maximum atomic E-state index is 12.6. The van der Waals surface area contributed by atoms with Gasteiger partial charge in [0.1, 0.15) is 0 Å².